The molecule has 3 aliphatic rings. The topological polar surface area (TPSA) is 78.6 Å². The summed E-state index contributed by atoms with van der Waals surface area (Å²) in [6.45, 7) is 1.86. The van der Waals surface area contributed by atoms with Gasteiger partial charge in [0.1, 0.15) is 29.3 Å². The lowest BCUT2D eigenvalue weighted by atomic mass is 9.72. The third-order valence-corrected chi connectivity index (χ3v) is 8.49. The van der Waals surface area contributed by atoms with E-state index >= 15 is 0 Å². The molecule has 3 atom stereocenters. The summed E-state index contributed by atoms with van der Waals surface area (Å²) >= 11 is 3.50. The first-order valence-corrected chi connectivity index (χ1v) is 13.7. The molecule has 3 unspecified atom stereocenters. The number of halogens is 2. The number of ether oxygens (including phenoxy) is 2. The fraction of sp³-hybridized carbons (Fsp3) is 0.400. The van der Waals surface area contributed by atoms with E-state index in [2.05, 4.69) is 44.0 Å². The first kappa shape index (κ1) is 26.6. The van der Waals surface area contributed by atoms with Crippen LogP contribution in [0.3, 0.4) is 0 Å². The maximum absolute atomic E-state index is 12.3. The minimum Gasteiger partial charge on any atom is -0.481 e. The van der Waals surface area contributed by atoms with Gasteiger partial charge in [0, 0.05) is 29.5 Å². The van der Waals surface area contributed by atoms with Crippen molar-refractivity contribution in [1.82, 2.24) is 9.88 Å². The number of nitriles is 1. The minimum atomic E-state index is -1.34. The lowest BCUT2D eigenvalue weighted by molar-refractivity contribution is -0.106. The van der Waals surface area contributed by atoms with E-state index in [9.17, 15) is 14.8 Å². The lowest BCUT2D eigenvalue weighted by Gasteiger charge is -2.40. The van der Waals surface area contributed by atoms with Gasteiger partial charge >= 0.3 is 0 Å². The third-order valence-electron chi connectivity index (χ3n) is 7.97. The van der Waals surface area contributed by atoms with E-state index in [0.29, 0.717) is 17.7 Å². The number of likely N-dealkylation sites (tertiary alicyclic amines) is 1. The Morgan fingerprint density at radius 2 is 1.82 bits per heavy atom. The van der Waals surface area contributed by atoms with Crippen LogP contribution >= 0.6 is 15.9 Å². The van der Waals surface area contributed by atoms with Gasteiger partial charge in [-0.25, -0.2) is 9.37 Å². The number of rotatable bonds is 3. The number of hydrogen-bond donors (Lipinski definition) is 1. The van der Waals surface area contributed by atoms with E-state index in [0.717, 1.165) is 48.0 Å². The van der Waals surface area contributed by atoms with Gasteiger partial charge in [0.15, 0.2) is 5.60 Å². The molecule has 6 nitrogen and oxygen atoms in total. The van der Waals surface area contributed by atoms with E-state index in [1.54, 1.807) is 6.07 Å². The number of nitrogens with zero attached hydrogens (tertiary/aromatic N) is 3. The van der Waals surface area contributed by atoms with Crippen LogP contribution in [-0.2, 0) is 11.2 Å². The van der Waals surface area contributed by atoms with Crippen LogP contribution in [0.5, 0.6) is 11.6 Å². The quantitative estimate of drug-likeness (QED) is 0.420. The van der Waals surface area contributed by atoms with Crippen LogP contribution < -0.4 is 9.47 Å². The molecule has 0 radical (unpaired) electrons. The van der Waals surface area contributed by atoms with Crippen molar-refractivity contribution in [2.24, 2.45) is 0 Å². The molecule has 1 aliphatic carbocycles. The number of alkyl halides is 1. The van der Waals surface area contributed by atoms with Crippen molar-refractivity contribution in [1.29, 1.82) is 5.26 Å². The van der Waals surface area contributed by atoms with Crippen LogP contribution in [0.2, 0.25) is 0 Å². The smallest absolute Gasteiger partial charge is 0.224 e. The van der Waals surface area contributed by atoms with Gasteiger partial charge in [-0.3, -0.25) is 0 Å². The van der Waals surface area contributed by atoms with Crippen molar-refractivity contribution in [3.05, 3.63) is 87.5 Å². The summed E-state index contributed by atoms with van der Waals surface area (Å²) in [6.07, 6.45) is 2.16. The summed E-state index contributed by atoms with van der Waals surface area (Å²) in [4.78, 5) is 6.46. The first-order chi connectivity index (χ1) is 18.3. The summed E-state index contributed by atoms with van der Waals surface area (Å²) in [5.41, 5.74) is 0.276. The largest absolute Gasteiger partial charge is 0.481 e. The molecular formula is C30H31BrFN3O3. The van der Waals surface area contributed by atoms with E-state index in [4.69, 9.17) is 9.47 Å². The van der Waals surface area contributed by atoms with Gasteiger partial charge in [-0.1, -0.05) is 58.4 Å². The van der Waals surface area contributed by atoms with Crippen LogP contribution in [0, 0.1) is 11.3 Å². The molecular weight excluding hydrogens is 549 g/mol. The molecule has 1 N–H and O–H groups in total. The maximum atomic E-state index is 12.3. The first-order valence-electron chi connectivity index (χ1n) is 12.9. The van der Waals surface area contributed by atoms with Crippen molar-refractivity contribution in [2.75, 3.05) is 27.2 Å². The summed E-state index contributed by atoms with van der Waals surface area (Å²) in [5.74, 6) is 0.594. The highest BCUT2D eigenvalue weighted by molar-refractivity contribution is 9.10. The molecule has 3 heterocycles. The molecule has 2 fully saturated rings. The van der Waals surface area contributed by atoms with Crippen molar-refractivity contribution in [3.63, 3.8) is 0 Å². The number of benzene rings is 2. The monoisotopic (exact) mass is 579 g/mol. The zero-order valence-corrected chi connectivity index (χ0v) is 23.1. The predicted molar refractivity (Wildman–Crippen MR) is 146 cm³/mol. The van der Waals surface area contributed by atoms with Gasteiger partial charge in [0.05, 0.1) is 12.7 Å². The molecule has 0 spiro atoms. The molecule has 0 bridgehead atoms. The van der Waals surface area contributed by atoms with Gasteiger partial charge in [-0.2, -0.15) is 5.26 Å². The minimum absolute atomic E-state index is 0.0903. The Hall–Kier alpha value is -2.99. The van der Waals surface area contributed by atoms with Gasteiger partial charge in [0.25, 0.3) is 0 Å². The molecule has 8 heteroatoms. The second kappa shape index (κ2) is 10.6. The molecule has 0 amide bonds. The summed E-state index contributed by atoms with van der Waals surface area (Å²) < 4.78 is 25.4. The van der Waals surface area contributed by atoms with Crippen LogP contribution in [-0.4, -0.2) is 48.4 Å². The second-order valence-corrected chi connectivity index (χ2v) is 11.1. The van der Waals surface area contributed by atoms with Crippen molar-refractivity contribution in [2.45, 2.75) is 49.0 Å². The lowest BCUT2D eigenvalue weighted by Crippen LogP contribution is -2.48. The van der Waals surface area contributed by atoms with Crippen molar-refractivity contribution >= 4 is 15.9 Å². The number of aromatic nitrogens is 1. The SMILES string of the molecule is CN1CCC(F)CC1.COc1nc(C#N)cc2c1C1(O)CCC(c3ccccc3)C1(c1ccc(Br)cc1)O2. The van der Waals surface area contributed by atoms with Crippen LogP contribution in [0.15, 0.2) is 65.1 Å². The number of methoxy groups -OCH3 is 1. The highest BCUT2D eigenvalue weighted by atomic mass is 79.9. The molecule has 38 heavy (non-hydrogen) atoms. The maximum Gasteiger partial charge on any atom is 0.224 e. The number of pyridine rings is 1. The van der Waals surface area contributed by atoms with Gasteiger partial charge in [0.2, 0.25) is 5.88 Å². The average Bonchev–Trinajstić information content (AvgIpc) is 3.37. The van der Waals surface area contributed by atoms with Crippen molar-refractivity contribution < 1.29 is 19.0 Å². The van der Waals surface area contributed by atoms with Gasteiger partial charge < -0.3 is 19.5 Å². The summed E-state index contributed by atoms with van der Waals surface area (Å²) in [5, 5.41) is 21.6. The van der Waals surface area contributed by atoms with Gasteiger partial charge in [-0.15, -0.1) is 0 Å². The van der Waals surface area contributed by atoms with Gasteiger partial charge in [-0.05, 0) is 56.0 Å². The van der Waals surface area contributed by atoms with Crippen LogP contribution in [0.1, 0.15) is 54.0 Å². The summed E-state index contributed by atoms with van der Waals surface area (Å²) in [6, 6.07) is 21.6. The second-order valence-electron chi connectivity index (χ2n) is 10.2. The Kier molecular flexibility index (Phi) is 7.45. The number of fused-ring (bicyclic) bond motifs is 3. The number of aliphatic hydroxyl groups is 1. The molecule has 2 aliphatic heterocycles. The standard InChI is InChI=1S/C24H19BrN2O3.C6H12FN/c1-29-22-21-20(13-18(14-26)27-22)30-24(16-7-9-17(25)10-8-16)19(11-12-23(21,24)28)15-5-3-2-4-6-15;1-8-4-2-6(7)3-5-8/h2-10,13,19,28H,11-12H2,1H3;6H,2-5H2,1H3. The number of hydrogen-bond acceptors (Lipinski definition) is 6. The van der Waals surface area contributed by atoms with E-state index in [1.165, 1.54) is 7.11 Å². The molecule has 6 rings (SSSR count). The molecule has 2 aromatic carbocycles. The fourth-order valence-corrected chi connectivity index (χ4v) is 6.36. The number of piperidine rings is 1. The Morgan fingerprint density at radius 1 is 1.13 bits per heavy atom. The zero-order chi connectivity index (χ0) is 26.9. The Balaban J connectivity index is 0.000000316. The predicted octanol–water partition coefficient (Wildman–Crippen LogP) is 5.83. The zero-order valence-electron chi connectivity index (χ0n) is 21.5. The van der Waals surface area contributed by atoms with Crippen LogP contribution in [0.25, 0.3) is 0 Å². The Bertz CT molecular complexity index is 1320. The van der Waals surface area contributed by atoms with Crippen LogP contribution in [0.4, 0.5) is 4.39 Å². The molecule has 1 saturated heterocycles. The molecule has 1 saturated carbocycles. The molecule has 3 aromatic rings. The molecule has 198 valence electrons. The van der Waals surface area contributed by atoms with E-state index in [-0.39, 0.29) is 17.5 Å². The average molecular weight is 580 g/mol. The molecule has 1 aromatic heterocycles. The fourth-order valence-electron chi connectivity index (χ4n) is 6.10. The van der Waals surface area contributed by atoms with Crippen molar-refractivity contribution in [3.8, 4) is 17.7 Å². The Morgan fingerprint density at radius 3 is 2.42 bits per heavy atom. The van der Waals surface area contributed by atoms with E-state index in [1.807, 2.05) is 49.5 Å². The summed E-state index contributed by atoms with van der Waals surface area (Å²) in [7, 11) is 3.53. The highest BCUT2D eigenvalue weighted by Crippen LogP contribution is 2.67. The normalized spacial score (nSPS) is 26.4. The van der Waals surface area contributed by atoms with E-state index < -0.39 is 17.4 Å². The Labute approximate surface area is 231 Å². The highest BCUT2D eigenvalue weighted by Gasteiger charge is 2.69. The third kappa shape index (κ3) is 4.47.